The predicted molar refractivity (Wildman–Crippen MR) is 104 cm³/mol. The highest BCUT2D eigenvalue weighted by molar-refractivity contribution is 5.85. The van der Waals surface area contributed by atoms with Crippen LogP contribution >= 0.6 is 12.4 Å². The number of halogens is 3. The maximum atomic E-state index is 14.6. The van der Waals surface area contributed by atoms with E-state index in [4.69, 9.17) is 0 Å². The smallest absolute Gasteiger partial charge is 0.329 e. The van der Waals surface area contributed by atoms with Crippen molar-refractivity contribution >= 4 is 23.4 Å². The van der Waals surface area contributed by atoms with Gasteiger partial charge >= 0.3 is 5.69 Å². The van der Waals surface area contributed by atoms with Crippen molar-refractivity contribution in [3.05, 3.63) is 70.1 Å². The minimum atomic E-state index is -1.06. The highest BCUT2D eigenvalue weighted by Crippen LogP contribution is 2.28. The highest BCUT2D eigenvalue weighted by Gasteiger charge is 2.29. The summed E-state index contributed by atoms with van der Waals surface area (Å²) >= 11 is 0. The van der Waals surface area contributed by atoms with Gasteiger partial charge in [0, 0.05) is 13.1 Å². The van der Waals surface area contributed by atoms with Crippen LogP contribution in [0.15, 0.2) is 47.3 Å². The Balaban J connectivity index is 0.00000261. The first kappa shape index (κ1) is 21.1. The molecule has 2 atom stereocenters. The molecule has 1 aromatic heterocycles. The SMILES string of the molecule is CCn1c(=O)n(C(c2cccc(F)c2)C(O)CNC)c2c(F)cccc21.Cl. The van der Waals surface area contributed by atoms with Crippen molar-refractivity contribution in [2.24, 2.45) is 0 Å². The Kier molecular flexibility index (Phi) is 6.75. The zero-order valence-corrected chi connectivity index (χ0v) is 15.8. The van der Waals surface area contributed by atoms with Crippen LogP contribution in [0.5, 0.6) is 0 Å². The second-order valence-corrected chi connectivity index (χ2v) is 6.13. The zero-order chi connectivity index (χ0) is 18.8. The molecule has 1 heterocycles. The third-order valence-corrected chi connectivity index (χ3v) is 4.50. The van der Waals surface area contributed by atoms with Gasteiger partial charge in [-0.05, 0) is 43.8 Å². The van der Waals surface area contributed by atoms with Crippen molar-refractivity contribution in [1.82, 2.24) is 14.5 Å². The monoisotopic (exact) mass is 397 g/mol. The first-order chi connectivity index (χ1) is 12.5. The van der Waals surface area contributed by atoms with Gasteiger partial charge < -0.3 is 10.4 Å². The number of aromatic nitrogens is 2. The Morgan fingerprint density at radius 1 is 1.19 bits per heavy atom. The van der Waals surface area contributed by atoms with Gasteiger partial charge in [0.05, 0.1) is 17.7 Å². The second kappa shape index (κ2) is 8.65. The summed E-state index contributed by atoms with van der Waals surface area (Å²) < 4.78 is 31.1. The van der Waals surface area contributed by atoms with E-state index in [9.17, 15) is 18.7 Å². The molecule has 0 saturated carbocycles. The minimum Gasteiger partial charge on any atom is -0.389 e. The van der Waals surface area contributed by atoms with Crippen LogP contribution in [0.4, 0.5) is 8.78 Å². The number of benzene rings is 2. The van der Waals surface area contributed by atoms with Crippen LogP contribution < -0.4 is 11.0 Å². The largest absolute Gasteiger partial charge is 0.389 e. The molecule has 27 heavy (non-hydrogen) atoms. The number of para-hydroxylation sites is 1. The number of imidazole rings is 1. The molecule has 3 aromatic rings. The average molecular weight is 398 g/mol. The van der Waals surface area contributed by atoms with E-state index in [1.807, 2.05) is 0 Å². The number of aliphatic hydroxyl groups excluding tert-OH is 1. The standard InChI is InChI=1S/C19H21F2N3O2.ClH/c1-3-23-15-9-5-8-14(21)18(15)24(19(23)26)17(16(25)11-22-2)12-6-4-7-13(20)10-12;/h4-10,16-17,22,25H,3,11H2,1-2H3;1H. The molecule has 0 aliphatic heterocycles. The lowest BCUT2D eigenvalue weighted by Gasteiger charge is -2.25. The van der Waals surface area contributed by atoms with Crippen molar-refractivity contribution in [2.45, 2.75) is 25.6 Å². The summed E-state index contributed by atoms with van der Waals surface area (Å²) in [6.07, 6.45) is -1.06. The molecular weight excluding hydrogens is 376 g/mol. The van der Waals surface area contributed by atoms with Gasteiger partial charge in [0.2, 0.25) is 0 Å². The van der Waals surface area contributed by atoms with E-state index in [-0.39, 0.29) is 24.5 Å². The van der Waals surface area contributed by atoms with Crippen LogP contribution in [0.3, 0.4) is 0 Å². The number of hydrogen-bond donors (Lipinski definition) is 2. The fourth-order valence-corrected chi connectivity index (χ4v) is 3.41. The summed E-state index contributed by atoms with van der Waals surface area (Å²) in [6, 6.07) is 9.19. The fraction of sp³-hybridized carbons (Fsp3) is 0.316. The predicted octanol–water partition coefficient (Wildman–Crippen LogP) is 2.69. The maximum Gasteiger partial charge on any atom is 0.329 e. The van der Waals surface area contributed by atoms with Crippen LogP contribution in [0.2, 0.25) is 0 Å². The van der Waals surface area contributed by atoms with Gasteiger partial charge in [-0.3, -0.25) is 9.13 Å². The number of aryl methyl sites for hydroxylation is 1. The van der Waals surface area contributed by atoms with Gasteiger partial charge in [-0.15, -0.1) is 12.4 Å². The van der Waals surface area contributed by atoms with E-state index >= 15 is 0 Å². The second-order valence-electron chi connectivity index (χ2n) is 6.13. The Morgan fingerprint density at radius 2 is 1.89 bits per heavy atom. The molecular formula is C19H22ClF2N3O2. The lowest BCUT2D eigenvalue weighted by molar-refractivity contribution is 0.130. The van der Waals surface area contributed by atoms with E-state index in [1.165, 1.54) is 39.5 Å². The van der Waals surface area contributed by atoms with Gasteiger partial charge in [0.25, 0.3) is 0 Å². The molecule has 0 radical (unpaired) electrons. The summed E-state index contributed by atoms with van der Waals surface area (Å²) in [6.45, 7) is 2.29. The van der Waals surface area contributed by atoms with E-state index in [0.717, 1.165) is 0 Å². The minimum absolute atomic E-state index is 0. The number of nitrogens with zero attached hydrogens (tertiary/aromatic N) is 2. The average Bonchev–Trinajstić information content (AvgIpc) is 2.89. The molecule has 146 valence electrons. The van der Waals surface area contributed by atoms with Crippen LogP contribution in [0.25, 0.3) is 11.0 Å². The molecule has 0 fully saturated rings. The van der Waals surface area contributed by atoms with Crippen molar-refractivity contribution in [3.63, 3.8) is 0 Å². The number of rotatable bonds is 6. The quantitative estimate of drug-likeness (QED) is 0.672. The van der Waals surface area contributed by atoms with E-state index in [0.29, 0.717) is 17.6 Å². The topological polar surface area (TPSA) is 59.2 Å². The molecule has 0 amide bonds. The van der Waals surface area contributed by atoms with Gasteiger partial charge in [-0.25, -0.2) is 13.6 Å². The van der Waals surface area contributed by atoms with Crippen molar-refractivity contribution in [2.75, 3.05) is 13.6 Å². The molecule has 3 rings (SSSR count). The van der Waals surface area contributed by atoms with Crippen LogP contribution in [0, 0.1) is 11.6 Å². The first-order valence-corrected chi connectivity index (χ1v) is 8.47. The molecule has 0 spiro atoms. The molecule has 5 nitrogen and oxygen atoms in total. The lowest BCUT2D eigenvalue weighted by atomic mass is 10.0. The van der Waals surface area contributed by atoms with Gasteiger partial charge in [-0.1, -0.05) is 18.2 Å². The Morgan fingerprint density at radius 3 is 2.52 bits per heavy atom. The van der Waals surface area contributed by atoms with Crippen molar-refractivity contribution < 1.29 is 13.9 Å². The molecule has 2 aromatic carbocycles. The normalized spacial score (nSPS) is 13.4. The summed E-state index contributed by atoms with van der Waals surface area (Å²) in [5, 5.41) is 13.5. The van der Waals surface area contributed by atoms with Crippen LogP contribution in [-0.4, -0.2) is 33.9 Å². The number of fused-ring (bicyclic) bond motifs is 1. The first-order valence-electron chi connectivity index (χ1n) is 8.47. The van der Waals surface area contributed by atoms with Crippen LogP contribution in [0.1, 0.15) is 18.5 Å². The fourth-order valence-electron chi connectivity index (χ4n) is 3.41. The molecule has 8 heteroatoms. The molecule has 2 unspecified atom stereocenters. The van der Waals surface area contributed by atoms with Gasteiger partial charge in [0.15, 0.2) is 0 Å². The van der Waals surface area contributed by atoms with E-state index < -0.39 is 29.5 Å². The van der Waals surface area contributed by atoms with E-state index in [2.05, 4.69) is 5.32 Å². The zero-order valence-electron chi connectivity index (χ0n) is 15.0. The Bertz CT molecular complexity index is 987. The molecule has 2 N–H and O–H groups in total. The molecule has 0 bridgehead atoms. The number of nitrogens with one attached hydrogen (secondary N) is 1. The summed E-state index contributed by atoms with van der Waals surface area (Å²) in [4.78, 5) is 13.0. The summed E-state index contributed by atoms with van der Waals surface area (Å²) in [5.74, 6) is -1.05. The maximum absolute atomic E-state index is 14.6. The Hall–Kier alpha value is -2.22. The van der Waals surface area contributed by atoms with Crippen molar-refractivity contribution in [3.8, 4) is 0 Å². The Labute approximate surface area is 161 Å². The molecule has 0 saturated heterocycles. The van der Waals surface area contributed by atoms with Crippen molar-refractivity contribution in [1.29, 1.82) is 0 Å². The van der Waals surface area contributed by atoms with Gasteiger partial charge in [0.1, 0.15) is 17.2 Å². The lowest BCUT2D eigenvalue weighted by Crippen LogP contribution is -2.38. The third-order valence-electron chi connectivity index (χ3n) is 4.50. The summed E-state index contributed by atoms with van der Waals surface area (Å²) in [7, 11) is 1.66. The third kappa shape index (κ3) is 3.76. The summed E-state index contributed by atoms with van der Waals surface area (Å²) in [5.41, 5.74) is 0.490. The molecule has 0 aliphatic carbocycles. The van der Waals surface area contributed by atoms with Crippen LogP contribution in [-0.2, 0) is 6.54 Å². The van der Waals surface area contributed by atoms with Gasteiger partial charge in [-0.2, -0.15) is 0 Å². The number of aliphatic hydroxyl groups is 1. The number of likely N-dealkylation sites (N-methyl/N-ethyl adjacent to an activating group) is 1. The number of hydrogen-bond acceptors (Lipinski definition) is 3. The molecule has 0 aliphatic rings. The van der Waals surface area contributed by atoms with E-state index in [1.54, 1.807) is 26.1 Å². The highest BCUT2D eigenvalue weighted by atomic mass is 35.5.